The molecule has 0 aliphatic rings. The van der Waals surface area contributed by atoms with Crippen LogP contribution in [0, 0.1) is 11.3 Å². The predicted octanol–water partition coefficient (Wildman–Crippen LogP) is 2.28. The van der Waals surface area contributed by atoms with Crippen molar-refractivity contribution < 1.29 is 14.3 Å². The van der Waals surface area contributed by atoms with E-state index in [2.05, 4.69) is 0 Å². The lowest BCUT2D eigenvalue weighted by Gasteiger charge is -2.19. The number of carbonyl (C=O) groups excluding carboxylic acids is 1. The molecule has 1 rings (SSSR count). The van der Waals surface area contributed by atoms with Gasteiger partial charge in [0.2, 0.25) is 0 Å². The minimum atomic E-state index is -0.519. The minimum Gasteiger partial charge on any atom is -0.482 e. The second-order valence-electron chi connectivity index (χ2n) is 4.51. The Labute approximate surface area is 101 Å². The molecule has 1 aromatic carbocycles. The molecule has 0 radical (unpaired) electrons. The van der Waals surface area contributed by atoms with Gasteiger partial charge in [-0.15, -0.1) is 0 Å². The van der Waals surface area contributed by atoms with Crippen LogP contribution in [-0.4, -0.2) is 18.2 Å². The van der Waals surface area contributed by atoms with E-state index in [-0.39, 0.29) is 6.61 Å². The molecule has 0 amide bonds. The van der Waals surface area contributed by atoms with Gasteiger partial charge in [0.1, 0.15) is 11.4 Å². The summed E-state index contributed by atoms with van der Waals surface area (Å²) in [5, 5.41) is 8.70. The van der Waals surface area contributed by atoms with Crippen molar-refractivity contribution in [2.45, 2.75) is 26.4 Å². The Morgan fingerprint density at radius 1 is 1.41 bits per heavy atom. The minimum absolute atomic E-state index is 0.161. The summed E-state index contributed by atoms with van der Waals surface area (Å²) < 4.78 is 10.3. The summed E-state index contributed by atoms with van der Waals surface area (Å²) in [6.07, 6.45) is 0. The van der Waals surface area contributed by atoms with Gasteiger partial charge in [0.25, 0.3) is 0 Å². The highest BCUT2D eigenvalue weighted by molar-refractivity contribution is 5.71. The first kappa shape index (κ1) is 13.0. The number of ether oxygens (including phenoxy) is 2. The van der Waals surface area contributed by atoms with Crippen LogP contribution in [0.15, 0.2) is 24.3 Å². The van der Waals surface area contributed by atoms with Gasteiger partial charge in [-0.2, -0.15) is 5.26 Å². The van der Waals surface area contributed by atoms with Crippen LogP contribution in [0.3, 0.4) is 0 Å². The fourth-order valence-corrected chi connectivity index (χ4v) is 1.17. The van der Waals surface area contributed by atoms with Crippen molar-refractivity contribution in [3.63, 3.8) is 0 Å². The summed E-state index contributed by atoms with van der Waals surface area (Å²) in [6, 6.07) is 8.62. The zero-order valence-corrected chi connectivity index (χ0v) is 10.2. The van der Waals surface area contributed by atoms with Crippen molar-refractivity contribution in [3.05, 3.63) is 29.8 Å². The van der Waals surface area contributed by atoms with Crippen LogP contribution in [-0.2, 0) is 9.53 Å². The van der Waals surface area contributed by atoms with Crippen LogP contribution in [0.2, 0.25) is 0 Å². The monoisotopic (exact) mass is 233 g/mol. The van der Waals surface area contributed by atoms with E-state index in [0.717, 1.165) is 0 Å². The summed E-state index contributed by atoms with van der Waals surface area (Å²) in [4.78, 5) is 11.4. The number of hydrogen-bond acceptors (Lipinski definition) is 4. The van der Waals surface area contributed by atoms with E-state index in [1.807, 2.05) is 6.07 Å². The van der Waals surface area contributed by atoms with Crippen molar-refractivity contribution >= 4 is 5.97 Å². The van der Waals surface area contributed by atoms with Crippen molar-refractivity contribution in [2.75, 3.05) is 6.61 Å². The van der Waals surface area contributed by atoms with Crippen molar-refractivity contribution in [1.82, 2.24) is 0 Å². The summed E-state index contributed by atoms with van der Waals surface area (Å²) in [6.45, 7) is 5.22. The zero-order chi connectivity index (χ0) is 12.9. The molecule has 0 spiro atoms. The van der Waals surface area contributed by atoms with Crippen molar-refractivity contribution in [3.8, 4) is 11.8 Å². The molecule has 0 saturated carbocycles. The molecule has 0 atom stereocenters. The van der Waals surface area contributed by atoms with Gasteiger partial charge < -0.3 is 9.47 Å². The van der Waals surface area contributed by atoms with E-state index in [1.165, 1.54) is 0 Å². The highest BCUT2D eigenvalue weighted by Gasteiger charge is 2.16. The molecular weight excluding hydrogens is 218 g/mol. The van der Waals surface area contributed by atoms with Crippen LogP contribution in [0.25, 0.3) is 0 Å². The maximum atomic E-state index is 11.4. The van der Waals surface area contributed by atoms with E-state index < -0.39 is 11.6 Å². The highest BCUT2D eigenvalue weighted by atomic mass is 16.6. The quantitative estimate of drug-likeness (QED) is 0.751. The van der Waals surface area contributed by atoms with Crippen molar-refractivity contribution in [2.24, 2.45) is 0 Å². The van der Waals surface area contributed by atoms with Gasteiger partial charge in [0.05, 0.1) is 11.6 Å². The average Bonchev–Trinajstić information content (AvgIpc) is 2.24. The number of nitrogens with zero attached hydrogens (tertiary/aromatic N) is 1. The van der Waals surface area contributed by atoms with Gasteiger partial charge in [-0.25, -0.2) is 4.79 Å². The first-order chi connectivity index (χ1) is 7.90. The lowest BCUT2D eigenvalue weighted by atomic mass is 10.2. The molecule has 0 fully saturated rings. The van der Waals surface area contributed by atoms with E-state index in [4.69, 9.17) is 14.7 Å². The standard InChI is InChI=1S/C13H15NO3/c1-13(2,3)17-12(15)9-16-11-6-4-5-10(7-11)8-14/h4-7H,9H2,1-3H3. The molecule has 0 heterocycles. The van der Waals surface area contributed by atoms with Crippen LogP contribution < -0.4 is 4.74 Å². The van der Waals surface area contributed by atoms with Crippen molar-refractivity contribution in [1.29, 1.82) is 5.26 Å². The number of hydrogen-bond donors (Lipinski definition) is 0. The van der Waals surface area contributed by atoms with Crippen LogP contribution in [0.4, 0.5) is 0 Å². The summed E-state index contributed by atoms with van der Waals surface area (Å²) in [5.74, 6) is 0.0507. The molecule has 90 valence electrons. The Morgan fingerprint density at radius 3 is 2.71 bits per heavy atom. The number of benzene rings is 1. The molecule has 0 saturated heterocycles. The Bertz CT molecular complexity index is 441. The van der Waals surface area contributed by atoms with Crippen LogP contribution >= 0.6 is 0 Å². The molecule has 4 nitrogen and oxygen atoms in total. The lowest BCUT2D eigenvalue weighted by Crippen LogP contribution is -2.27. The third kappa shape index (κ3) is 5.03. The van der Waals surface area contributed by atoms with Gasteiger partial charge >= 0.3 is 5.97 Å². The van der Waals surface area contributed by atoms with Gasteiger partial charge in [-0.3, -0.25) is 0 Å². The largest absolute Gasteiger partial charge is 0.482 e. The van der Waals surface area contributed by atoms with Gasteiger partial charge in [-0.1, -0.05) is 6.07 Å². The molecule has 0 bridgehead atoms. The van der Waals surface area contributed by atoms with E-state index in [9.17, 15) is 4.79 Å². The number of carbonyl (C=O) groups is 1. The van der Waals surface area contributed by atoms with Crippen LogP contribution in [0.1, 0.15) is 26.3 Å². The van der Waals surface area contributed by atoms with Gasteiger partial charge in [-0.05, 0) is 39.0 Å². The lowest BCUT2D eigenvalue weighted by molar-refractivity contribution is -0.157. The highest BCUT2D eigenvalue weighted by Crippen LogP contribution is 2.13. The maximum Gasteiger partial charge on any atom is 0.344 e. The third-order valence-corrected chi connectivity index (χ3v) is 1.74. The summed E-state index contributed by atoms with van der Waals surface area (Å²) in [5.41, 5.74) is -0.0266. The third-order valence-electron chi connectivity index (χ3n) is 1.74. The SMILES string of the molecule is CC(C)(C)OC(=O)COc1cccc(C#N)c1. The Morgan fingerprint density at radius 2 is 2.12 bits per heavy atom. The van der Waals surface area contributed by atoms with E-state index in [1.54, 1.807) is 45.0 Å². The first-order valence-corrected chi connectivity index (χ1v) is 5.25. The molecule has 1 aromatic rings. The van der Waals surface area contributed by atoms with E-state index in [0.29, 0.717) is 11.3 Å². The molecule has 4 heteroatoms. The molecule has 0 unspecified atom stereocenters. The van der Waals surface area contributed by atoms with E-state index >= 15 is 0 Å². The molecular formula is C13H15NO3. The Balaban J connectivity index is 2.51. The molecule has 0 aliphatic heterocycles. The van der Waals surface area contributed by atoms with Gasteiger partial charge in [0, 0.05) is 0 Å². The molecule has 17 heavy (non-hydrogen) atoms. The summed E-state index contributed by atoms with van der Waals surface area (Å²) >= 11 is 0. The maximum absolute atomic E-state index is 11.4. The number of rotatable bonds is 3. The Kier molecular flexibility index (Phi) is 4.11. The smallest absolute Gasteiger partial charge is 0.344 e. The van der Waals surface area contributed by atoms with Gasteiger partial charge in [0.15, 0.2) is 6.61 Å². The molecule has 0 N–H and O–H groups in total. The zero-order valence-electron chi connectivity index (χ0n) is 10.2. The number of nitriles is 1. The summed E-state index contributed by atoms with van der Waals surface area (Å²) in [7, 11) is 0. The topological polar surface area (TPSA) is 59.3 Å². The predicted molar refractivity (Wildman–Crippen MR) is 62.5 cm³/mol. The second kappa shape index (κ2) is 5.35. The normalized spacial score (nSPS) is 10.5. The molecule has 0 aliphatic carbocycles. The number of esters is 1. The second-order valence-corrected chi connectivity index (χ2v) is 4.51. The first-order valence-electron chi connectivity index (χ1n) is 5.25. The fourth-order valence-electron chi connectivity index (χ4n) is 1.17. The Hall–Kier alpha value is -2.02. The molecule has 0 aromatic heterocycles. The average molecular weight is 233 g/mol. The fraction of sp³-hybridized carbons (Fsp3) is 0.385. The van der Waals surface area contributed by atoms with Crippen LogP contribution in [0.5, 0.6) is 5.75 Å².